The van der Waals surface area contributed by atoms with E-state index in [0.29, 0.717) is 4.41 Å². The third-order valence-electron chi connectivity index (χ3n) is 1.07. The molecule has 3 N–H and O–H groups in total. The Labute approximate surface area is 62.3 Å². The molecular formula is C3H5N3O4S. The van der Waals surface area contributed by atoms with Gasteiger partial charge in [0.2, 0.25) is 5.78 Å². The third kappa shape index (κ3) is 1.53. The van der Waals surface area contributed by atoms with Crippen LogP contribution in [0.15, 0.2) is 0 Å². The van der Waals surface area contributed by atoms with Gasteiger partial charge in [0.05, 0.1) is 0 Å². The second-order valence-corrected chi connectivity index (χ2v) is 3.39. The SMILES string of the molecule is NS(=O)(=O)N1CC(=O)C(=O)N1. The maximum atomic E-state index is 10.5. The summed E-state index contributed by atoms with van der Waals surface area (Å²) in [7, 11) is -3.99. The van der Waals surface area contributed by atoms with Gasteiger partial charge in [-0.05, 0) is 0 Å². The number of hydrogen-bond acceptors (Lipinski definition) is 4. The van der Waals surface area contributed by atoms with Gasteiger partial charge in [-0.3, -0.25) is 15.0 Å². The number of nitrogens with zero attached hydrogens (tertiary/aromatic N) is 1. The topological polar surface area (TPSA) is 110 Å². The molecule has 0 bridgehead atoms. The van der Waals surface area contributed by atoms with Crippen molar-refractivity contribution in [3.8, 4) is 0 Å². The van der Waals surface area contributed by atoms with Crippen LogP contribution in [0.1, 0.15) is 0 Å². The molecule has 1 aliphatic rings. The molecule has 0 aliphatic carbocycles. The minimum atomic E-state index is -3.99. The van der Waals surface area contributed by atoms with Crippen molar-refractivity contribution in [3.63, 3.8) is 0 Å². The Kier molecular flexibility index (Phi) is 1.66. The minimum Gasteiger partial charge on any atom is -0.287 e. The number of nitrogens with one attached hydrogen (secondary N) is 1. The highest BCUT2D eigenvalue weighted by molar-refractivity contribution is 7.86. The molecule has 11 heavy (non-hydrogen) atoms. The van der Waals surface area contributed by atoms with Crippen molar-refractivity contribution in [2.75, 3.05) is 6.54 Å². The first-order valence-corrected chi connectivity index (χ1v) is 4.06. The van der Waals surface area contributed by atoms with Crippen molar-refractivity contribution in [2.24, 2.45) is 5.14 Å². The number of amides is 1. The quantitative estimate of drug-likeness (QED) is 0.421. The van der Waals surface area contributed by atoms with Gasteiger partial charge >= 0.3 is 5.91 Å². The standard InChI is InChI=1S/C3H5N3O4S/c4-11(9,10)6-1-2(7)3(8)5-6/h1H2,(H,5,8)(H2,4,9,10). The zero-order valence-electron chi connectivity index (χ0n) is 5.27. The Bertz CT molecular complexity index is 291. The fourth-order valence-corrected chi connectivity index (χ4v) is 1.08. The highest BCUT2D eigenvalue weighted by atomic mass is 32.2. The van der Waals surface area contributed by atoms with Gasteiger partial charge in [0.1, 0.15) is 6.54 Å². The fraction of sp³-hybridized carbons (Fsp3) is 0.333. The van der Waals surface area contributed by atoms with Crippen molar-refractivity contribution < 1.29 is 18.0 Å². The monoisotopic (exact) mass is 179 g/mol. The van der Waals surface area contributed by atoms with Crippen LogP contribution < -0.4 is 10.6 Å². The van der Waals surface area contributed by atoms with Crippen LogP contribution in [0, 0.1) is 0 Å². The molecule has 1 saturated heterocycles. The summed E-state index contributed by atoms with van der Waals surface area (Å²) < 4.78 is 21.3. The molecule has 1 aliphatic heterocycles. The normalized spacial score (nSPS) is 20.5. The summed E-state index contributed by atoms with van der Waals surface area (Å²) in [5.74, 6) is -1.78. The van der Waals surface area contributed by atoms with Crippen molar-refractivity contribution >= 4 is 21.9 Å². The Balaban J connectivity index is 2.85. The first-order chi connectivity index (χ1) is 4.91. The molecular weight excluding hydrogens is 174 g/mol. The van der Waals surface area contributed by atoms with Gasteiger partial charge in [0, 0.05) is 0 Å². The van der Waals surface area contributed by atoms with E-state index in [2.05, 4.69) is 5.14 Å². The molecule has 1 heterocycles. The van der Waals surface area contributed by atoms with Crippen molar-refractivity contribution in [2.45, 2.75) is 0 Å². The zero-order chi connectivity index (χ0) is 8.65. The molecule has 0 saturated carbocycles. The average molecular weight is 179 g/mol. The molecule has 0 aromatic heterocycles. The molecule has 0 radical (unpaired) electrons. The van der Waals surface area contributed by atoms with Crippen LogP contribution in [0.5, 0.6) is 0 Å². The maximum absolute atomic E-state index is 10.5. The molecule has 7 nitrogen and oxygen atoms in total. The van der Waals surface area contributed by atoms with Gasteiger partial charge in [0.15, 0.2) is 0 Å². The first kappa shape index (κ1) is 8.11. The summed E-state index contributed by atoms with van der Waals surface area (Å²) in [6, 6.07) is 0. The number of nitrogens with two attached hydrogens (primary N) is 1. The van der Waals surface area contributed by atoms with Crippen LogP contribution in [0.4, 0.5) is 0 Å². The highest BCUT2D eigenvalue weighted by Crippen LogP contribution is 1.97. The van der Waals surface area contributed by atoms with Crippen molar-refractivity contribution in [3.05, 3.63) is 0 Å². The lowest BCUT2D eigenvalue weighted by Crippen LogP contribution is -2.42. The summed E-state index contributed by atoms with van der Waals surface area (Å²) in [5, 5.41) is 4.60. The van der Waals surface area contributed by atoms with Crippen LogP contribution in [-0.4, -0.2) is 31.1 Å². The summed E-state index contributed by atoms with van der Waals surface area (Å²) in [4.78, 5) is 20.9. The predicted octanol–water partition coefficient (Wildman–Crippen LogP) is -2.89. The Morgan fingerprint density at radius 2 is 2.00 bits per heavy atom. The van der Waals surface area contributed by atoms with Gasteiger partial charge in [-0.2, -0.15) is 8.42 Å². The van der Waals surface area contributed by atoms with E-state index in [0.717, 1.165) is 0 Å². The molecule has 8 heteroatoms. The van der Waals surface area contributed by atoms with Gasteiger partial charge < -0.3 is 0 Å². The van der Waals surface area contributed by atoms with Crippen LogP contribution in [-0.2, 0) is 19.8 Å². The molecule has 1 rings (SSSR count). The Hall–Kier alpha value is -0.990. The number of Topliss-reactive ketones (excluding diaryl/α,β-unsaturated/α-hetero) is 1. The van der Waals surface area contributed by atoms with Crippen LogP contribution in [0.2, 0.25) is 0 Å². The van der Waals surface area contributed by atoms with E-state index < -0.39 is 28.4 Å². The molecule has 62 valence electrons. The van der Waals surface area contributed by atoms with Gasteiger partial charge in [-0.25, -0.2) is 5.14 Å². The lowest BCUT2D eigenvalue weighted by Gasteiger charge is -2.08. The highest BCUT2D eigenvalue weighted by Gasteiger charge is 2.33. The third-order valence-corrected chi connectivity index (χ3v) is 1.91. The molecule has 1 fully saturated rings. The van der Waals surface area contributed by atoms with E-state index in [9.17, 15) is 18.0 Å². The Morgan fingerprint density at radius 3 is 2.18 bits per heavy atom. The number of hydrogen-bond donors (Lipinski definition) is 2. The largest absolute Gasteiger partial charge is 0.304 e. The number of carbonyl (C=O) groups excluding carboxylic acids is 2. The molecule has 0 unspecified atom stereocenters. The molecule has 0 aromatic carbocycles. The zero-order valence-corrected chi connectivity index (χ0v) is 6.09. The Morgan fingerprint density at radius 1 is 1.45 bits per heavy atom. The van der Waals surface area contributed by atoms with Crippen LogP contribution >= 0.6 is 0 Å². The maximum Gasteiger partial charge on any atom is 0.304 e. The van der Waals surface area contributed by atoms with Gasteiger partial charge in [-0.15, -0.1) is 0 Å². The summed E-state index contributed by atoms with van der Waals surface area (Å²) >= 11 is 0. The smallest absolute Gasteiger partial charge is 0.287 e. The lowest BCUT2D eigenvalue weighted by atomic mass is 10.4. The van der Waals surface area contributed by atoms with E-state index in [1.807, 2.05) is 0 Å². The fourth-order valence-electron chi connectivity index (χ4n) is 0.571. The van der Waals surface area contributed by atoms with Crippen molar-refractivity contribution in [1.82, 2.24) is 9.84 Å². The molecule has 0 spiro atoms. The number of rotatable bonds is 1. The number of carbonyl (C=O) groups is 2. The molecule has 1 amide bonds. The van der Waals surface area contributed by atoms with E-state index in [4.69, 9.17) is 0 Å². The molecule has 0 aromatic rings. The van der Waals surface area contributed by atoms with Gasteiger partial charge in [-0.1, -0.05) is 4.41 Å². The second kappa shape index (κ2) is 2.26. The van der Waals surface area contributed by atoms with E-state index in [1.54, 1.807) is 5.43 Å². The van der Waals surface area contributed by atoms with E-state index in [1.165, 1.54) is 0 Å². The first-order valence-electron chi connectivity index (χ1n) is 2.55. The number of ketones is 1. The summed E-state index contributed by atoms with van der Waals surface area (Å²) in [6.45, 7) is -0.530. The second-order valence-electron chi connectivity index (χ2n) is 1.92. The van der Waals surface area contributed by atoms with Crippen molar-refractivity contribution in [1.29, 1.82) is 0 Å². The van der Waals surface area contributed by atoms with Crippen LogP contribution in [0.25, 0.3) is 0 Å². The summed E-state index contributed by atoms with van der Waals surface area (Å²) in [5.41, 5.74) is 1.78. The van der Waals surface area contributed by atoms with E-state index >= 15 is 0 Å². The predicted molar refractivity (Wildman–Crippen MR) is 33.0 cm³/mol. The lowest BCUT2D eigenvalue weighted by molar-refractivity contribution is -0.134. The average Bonchev–Trinajstić information content (AvgIpc) is 2.11. The van der Waals surface area contributed by atoms with E-state index in [-0.39, 0.29) is 0 Å². The molecule has 0 atom stereocenters. The van der Waals surface area contributed by atoms with Gasteiger partial charge in [0.25, 0.3) is 10.2 Å². The van der Waals surface area contributed by atoms with Crippen LogP contribution in [0.3, 0.4) is 0 Å². The summed E-state index contributed by atoms with van der Waals surface area (Å²) in [6.07, 6.45) is 0. The number of hydrazine groups is 1. The minimum absolute atomic E-state index is 0.387.